The zero-order valence-electron chi connectivity index (χ0n) is 10.3. The second-order valence-electron chi connectivity index (χ2n) is 4.42. The van der Waals surface area contributed by atoms with Crippen molar-refractivity contribution in [2.75, 3.05) is 6.54 Å². The van der Waals surface area contributed by atoms with E-state index in [4.69, 9.17) is 23.2 Å². The molecule has 18 heavy (non-hydrogen) atoms. The first-order chi connectivity index (χ1) is 8.35. The van der Waals surface area contributed by atoms with Crippen LogP contribution in [-0.4, -0.2) is 28.1 Å². The van der Waals surface area contributed by atoms with E-state index >= 15 is 0 Å². The zero-order chi connectivity index (χ0) is 13.8. The van der Waals surface area contributed by atoms with E-state index in [0.29, 0.717) is 6.42 Å². The normalized spacial score (nSPS) is 14.1. The molecule has 1 rings (SSSR count). The molecule has 4 nitrogen and oxygen atoms in total. The lowest BCUT2D eigenvalue weighted by Gasteiger charge is -2.23. The summed E-state index contributed by atoms with van der Waals surface area (Å²) in [5.74, 6) is -0.374. The first kappa shape index (κ1) is 15.2. The molecule has 0 radical (unpaired) electrons. The van der Waals surface area contributed by atoms with Crippen molar-refractivity contribution in [2.45, 2.75) is 32.3 Å². The first-order valence-corrected chi connectivity index (χ1v) is 6.43. The molecule has 1 unspecified atom stereocenters. The van der Waals surface area contributed by atoms with Gasteiger partial charge in [0.1, 0.15) is 5.15 Å². The predicted octanol–water partition coefficient (Wildman–Crippen LogP) is 2.67. The second-order valence-corrected chi connectivity index (χ2v) is 5.21. The van der Waals surface area contributed by atoms with Crippen molar-refractivity contribution >= 4 is 29.1 Å². The van der Waals surface area contributed by atoms with Gasteiger partial charge in [-0.25, -0.2) is 4.98 Å². The summed E-state index contributed by atoms with van der Waals surface area (Å²) in [6.45, 7) is 3.81. The Hall–Kier alpha value is -0.840. The third-order valence-corrected chi connectivity index (χ3v) is 2.99. The SMILES string of the molecule is CCCC(C)(O)CNC(=O)c1cc(Cl)ncc1Cl. The Morgan fingerprint density at radius 1 is 1.56 bits per heavy atom. The molecule has 1 aromatic heterocycles. The maximum atomic E-state index is 11.9. The molecule has 1 amide bonds. The number of pyridine rings is 1. The van der Waals surface area contributed by atoms with Gasteiger partial charge in [0.25, 0.3) is 5.91 Å². The van der Waals surface area contributed by atoms with Crippen molar-refractivity contribution in [3.8, 4) is 0 Å². The van der Waals surface area contributed by atoms with Crippen molar-refractivity contribution in [1.29, 1.82) is 0 Å². The number of hydrogen-bond donors (Lipinski definition) is 2. The van der Waals surface area contributed by atoms with Gasteiger partial charge in [0.15, 0.2) is 0 Å². The van der Waals surface area contributed by atoms with E-state index in [9.17, 15) is 9.90 Å². The smallest absolute Gasteiger partial charge is 0.253 e. The minimum absolute atomic E-state index is 0.163. The highest BCUT2D eigenvalue weighted by Gasteiger charge is 2.21. The number of halogens is 2. The van der Waals surface area contributed by atoms with Gasteiger partial charge in [-0.1, -0.05) is 36.5 Å². The predicted molar refractivity (Wildman–Crippen MR) is 72.1 cm³/mol. The summed E-state index contributed by atoms with van der Waals surface area (Å²) in [5, 5.41) is 13.0. The van der Waals surface area contributed by atoms with E-state index in [2.05, 4.69) is 10.3 Å². The standard InChI is InChI=1S/C12H16Cl2N2O2/c1-3-4-12(2,18)7-16-11(17)8-5-10(14)15-6-9(8)13/h5-6,18H,3-4,7H2,1-2H3,(H,16,17). The third kappa shape index (κ3) is 4.44. The first-order valence-electron chi connectivity index (χ1n) is 5.67. The molecule has 0 fully saturated rings. The van der Waals surface area contributed by atoms with Crippen LogP contribution in [0.4, 0.5) is 0 Å². The van der Waals surface area contributed by atoms with Gasteiger partial charge in [-0.3, -0.25) is 4.79 Å². The van der Waals surface area contributed by atoms with Gasteiger partial charge in [0, 0.05) is 12.7 Å². The van der Waals surface area contributed by atoms with Crippen LogP contribution in [0.3, 0.4) is 0 Å². The monoisotopic (exact) mass is 290 g/mol. The minimum atomic E-state index is -0.923. The van der Waals surface area contributed by atoms with Gasteiger partial charge in [0.2, 0.25) is 0 Å². The largest absolute Gasteiger partial charge is 0.388 e. The number of carbonyl (C=O) groups excluding carboxylic acids is 1. The number of aliphatic hydroxyl groups is 1. The summed E-state index contributed by atoms with van der Waals surface area (Å²) in [6.07, 6.45) is 2.77. The number of hydrogen-bond acceptors (Lipinski definition) is 3. The van der Waals surface area contributed by atoms with Gasteiger partial charge in [0.05, 0.1) is 16.2 Å². The molecule has 0 spiro atoms. The van der Waals surface area contributed by atoms with Crippen molar-refractivity contribution < 1.29 is 9.90 Å². The Morgan fingerprint density at radius 3 is 2.83 bits per heavy atom. The molecule has 0 aliphatic carbocycles. The summed E-state index contributed by atoms with van der Waals surface area (Å²) in [7, 11) is 0. The Bertz CT molecular complexity index is 436. The molecule has 100 valence electrons. The Labute approximate surface area is 116 Å². The summed E-state index contributed by atoms with van der Waals surface area (Å²) in [5.41, 5.74) is -0.669. The molecular formula is C12H16Cl2N2O2. The molecule has 0 saturated carbocycles. The van der Waals surface area contributed by atoms with E-state index in [-0.39, 0.29) is 28.2 Å². The van der Waals surface area contributed by atoms with Crippen LogP contribution in [0.1, 0.15) is 37.0 Å². The summed E-state index contributed by atoms with van der Waals surface area (Å²) >= 11 is 11.6. The van der Waals surface area contributed by atoms with Crippen LogP contribution in [0.5, 0.6) is 0 Å². The minimum Gasteiger partial charge on any atom is -0.388 e. The average molecular weight is 291 g/mol. The summed E-state index contributed by atoms with van der Waals surface area (Å²) in [4.78, 5) is 15.6. The summed E-state index contributed by atoms with van der Waals surface area (Å²) < 4.78 is 0. The number of carbonyl (C=O) groups is 1. The molecular weight excluding hydrogens is 275 g/mol. The Balaban J connectivity index is 2.69. The van der Waals surface area contributed by atoms with Crippen LogP contribution >= 0.6 is 23.2 Å². The second kappa shape index (κ2) is 6.36. The molecule has 0 aliphatic heterocycles. The van der Waals surface area contributed by atoms with Crippen molar-refractivity contribution in [3.05, 3.63) is 28.0 Å². The van der Waals surface area contributed by atoms with E-state index < -0.39 is 5.60 Å². The van der Waals surface area contributed by atoms with Gasteiger partial charge in [-0.05, 0) is 19.4 Å². The van der Waals surface area contributed by atoms with Crippen LogP contribution in [0.2, 0.25) is 10.2 Å². The molecule has 1 aromatic rings. The number of aromatic nitrogens is 1. The highest BCUT2D eigenvalue weighted by molar-refractivity contribution is 6.35. The molecule has 0 bridgehead atoms. The van der Waals surface area contributed by atoms with E-state index in [1.807, 2.05) is 6.92 Å². The lowest BCUT2D eigenvalue weighted by atomic mass is 10.0. The number of nitrogens with zero attached hydrogens (tertiary/aromatic N) is 1. The van der Waals surface area contributed by atoms with Crippen molar-refractivity contribution in [1.82, 2.24) is 10.3 Å². The lowest BCUT2D eigenvalue weighted by molar-refractivity contribution is 0.0469. The maximum Gasteiger partial charge on any atom is 0.253 e. The Morgan fingerprint density at radius 2 is 2.22 bits per heavy atom. The average Bonchev–Trinajstić information content (AvgIpc) is 2.29. The fourth-order valence-electron chi connectivity index (χ4n) is 1.58. The quantitative estimate of drug-likeness (QED) is 0.820. The lowest BCUT2D eigenvalue weighted by Crippen LogP contribution is -2.40. The number of rotatable bonds is 5. The molecule has 0 saturated heterocycles. The fourth-order valence-corrected chi connectivity index (χ4v) is 1.93. The summed E-state index contributed by atoms with van der Waals surface area (Å²) in [6, 6.07) is 1.40. The molecule has 0 aromatic carbocycles. The van der Waals surface area contributed by atoms with Crippen LogP contribution < -0.4 is 5.32 Å². The van der Waals surface area contributed by atoms with E-state index in [1.165, 1.54) is 12.3 Å². The highest BCUT2D eigenvalue weighted by atomic mass is 35.5. The number of nitrogens with one attached hydrogen (secondary N) is 1. The molecule has 2 N–H and O–H groups in total. The molecule has 6 heteroatoms. The van der Waals surface area contributed by atoms with E-state index in [1.54, 1.807) is 6.92 Å². The van der Waals surface area contributed by atoms with Gasteiger partial charge in [-0.15, -0.1) is 0 Å². The third-order valence-electron chi connectivity index (χ3n) is 2.48. The van der Waals surface area contributed by atoms with Crippen LogP contribution in [0.25, 0.3) is 0 Å². The van der Waals surface area contributed by atoms with Crippen molar-refractivity contribution in [3.63, 3.8) is 0 Å². The Kier molecular flexibility index (Phi) is 5.38. The van der Waals surface area contributed by atoms with Crippen molar-refractivity contribution in [2.24, 2.45) is 0 Å². The fraction of sp³-hybridized carbons (Fsp3) is 0.500. The molecule has 0 aliphatic rings. The van der Waals surface area contributed by atoms with Gasteiger partial charge >= 0.3 is 0 Å². The zero-order valence-corrected chi connectivity index (χ0v) is 11.8. The number of amides is 1. The van der Waals surface area contributed by atoms with Gasteiger partial charge < -0.3 is 10.4 Å². The van der Waals surface area contributed by atoms with Crippen LogP contribution in [-0.2, 0) is 0 Å². The maximum absolute atomic E-state index is 11.9. The highest BCUT2D eigenvalue weighted by Crippen LogP contribution is 2.18. The molecule has 1 heterocycles. The van der Waals surface area contributed by atoms with Crippen LogP contribution in [0.15, 0.2) is 12.3 Å². The molecule has 1 atom stereocenters. The van der Waals surface area contributed by atoms with Gasteiger partial charge in [-0.2, -0.15) is 0 Å². The van der Waals surface area contributed by atoms with E-state index in [0.717, 1.165) is 6.42 Å². The van der Waals surface area contributed by atoms with Crippen LogP contribution in [0, 0.1) is 0 Å². The topological polar surface area (TPSA) is 62.2 Å².